The summed E-state index contributed by atoms with van der Waals surface area (Å²) in [4.78, 5) is 4.19. The van der Waals surface area contributed by atoms with Crippen molar-refractivity contribution < 1.29 is 20.1 Å². The highest BCUT2D eigenvalue weighted by atomic mass is 79.9. The van der Waals surface area contributed by atoms with Gasteiger partial charge in [0.1, 0.15) is 18.3 Å². The average molecular weight is 364 g/mol. The maximum Gasteiger partial charge on any atom is 0.206 e. The Morgan fingerprint density at radius 1 is 1.35 bits per heavy atom. The van der Waals surface area contributed by atoms with E-state index in [1.54, 1.807) is 12.1 Å². The van der Waals surface area contributed by atoms with Crippen LogP contribution in [0.4, 0.5) is 0 Å². The first kappa shape index (κ1) is 14.2. The van der Waals surface area contributed by atoms with E-state index < -0.39 is 24.5 Å². The van der Waals surface area contributed by atoms with Crippen LogP contribution in [0.15, 0.2) is 22.7 Å². The fraction of sp³-hybridized carbons (Fsp3) is 0.417. The number of nitrogens with zero attached hydrogens (tertiary/aromatic N) is 2. The molecule has 0 amide bonds. The second-order valence-electron chi connectivity index (χ2n) is 4.61. The molecule has 1 aliphatic rings. The van der Waals surface area contributed by atoms with Crippen LogP contribution >= 0.6 is 27.5 Å². The molecule has 6 nitrogen and oxygen atoms in total. The van der Waals surface area contributed by atoms with Gasteiger partial charge in [-0.3, -0.25) is 4.57 Å². The first-order valence-corrected chi connectivity index (χ1v) is 7.15. The van der Waals surface area contributed by atoms with Gasteiger partial charge in [0.05, 0.1) is 17.6 Å². The lowest BCUT2D eigenvalue weighted by Crippen LogP contribution is -2.33. The molecule has 1 aliphatic heterocycles. The Morgan fingerprint density at radius 2 is 2.10 bits per heavy atom. The Hall–Kier alpha value is -0.700. The van der Waals surface area contributed by atoms with E-state index in [4.69, 9.17) is 21.4 Å². The topological polar surface area (TPSA) is 87.7 Å². The minimum atomic E-state index is -1.19. The van der Waals surface area contributed by atoms with Gasteiger partial charge in [-0.05, 0) is 29.8 Å². The van der Waals surface area contributed by atoms with Crippen molar-refractivity contribution in [3.63, 3.8) is 0 Å². The summed E-state index contributed by atoms with van der Waals surface area (Å²) < 4.78 is 7.84. The first-order valence-electron chi connectivity index (χ1n) is 5.98. The molecule has 1 aromatic carbocycles. The third-order valence-corrected chi connectivity index (χ3v) is 4.14. The number of fused-ring (bicyclic) bond motifs is 1. The summed E-state index contributed by atoms with van der Waals surface area (Å²) in [5.41, 5.74) is 1.31. The predicted octanol–water partition coefficient (Wildman–Crippen LogP) is 1.06. The molecule has 0 saturated carbocycles. The second-order valence-corrected chi connectivity index (χ2v) is 5.87. The summed E-state index contributed by atoms with van der Waals surface area (Å²) >= 11 is 9.45. The molecule has 1 saturated heterocycles. The molecule has 0 unspecified atom stereocenters. The van der Waals surface area contributed by atoms with Crippen LogP contribution in [0.5, 0.6) is 0 Å². The van der Waals surface area contributed by atoms with Gasteiger partial charge in [-0.25, -0.2) is 4.98 Å². The lowest BCUT2D eigenvalue weighted by atomic mass is 10.1. The monoisotopic (exact) mass is 362 g/mol. The van der Waals surface area contributed by atoms with Gasteiger partial charge in [0.15, 0.2) is 6.23 Å². The molecule has 108 valence electrons. The Labute approximate surface area is 127 Å². The van der Waals surface area contributed by atoms with Crippen LogP contribution in [-0.4, -0.2) is 49.8 Å². The molecule has 8 heteroatoms. The number of rotatable bonds is 2. The number of imidazole rings is 1. The number of aliphatic hydroxyl groups excluding tert-OH is 3. The van der Waals surface area contributed by atoms with Crippen LogP contribution < -0.4 is 0 Å². The van der Waals surface area contributed by atoms with E-state index in [1.807, 2.05) is 6.07 Å². The van der Waals surface area contributed by atoms with Gasteiger partial charge in [0.25, 0.3) is 0 Å². The fourth-order valence-electron chi connectivity index (χ4n) is 2.38. The summed E-state index contributed by atoms with van der Waals surface area (Å²) in [5, 5.41) is 29.2. The summed E-state index contributed by atoms with van der Waals surface area (Å²) in [5.74, 6) is 0. The number of halogens is 2. The van der Waals surface area contributed by atoms with Crippen molar-refractivity contribution in [3.8, 4) is 0 Å². The third-order valence-electron chi connectivity index (χ3n) is 3.38. The van der Waals surface area contributed by atoms with Crippen LogP contribution in [0.25, 0.3) is 11.0 Å². The lowest BCUT2D eigenvalue weighted by Gasteiger charge is -2.18. The van der Waals surface area contributed by atoms with Crippen molar-refractivity contribution in [2.75, 3.05) is 6.61 Å². The Bertz CT molecular complexity index is 650. The molecule has 0 aliphatic carbocycles. The van der Waals surface area contributed by atoms with Crippen LogP contribution in [0, 0.1) is 0 Å². The van der Waals surface area contributed by atoms with Crippen molar-refractivity contribution in [3.05, 3.63) is 28.0 Å². The molecule has 4 atom stereocenters. The summed E-state index contributed by atoms with van der Waals surface area (Å²) in [6.07, 6.45) is -4.10. The molecular formula is C12H12BrClN2O4. The van der Waals surface area contributed by atoms with Crippen LogP contribution in [0.2, 0.25) is 5.28 Å². The number of aromatic nitrogens is 2. The van der Waals surface area contributed by atoms with Gasteiger partial charge in [0.2, 0.25) is 5.28 Å². The molecule has 2 heterocycles. The van der Waals surface area contributed by atoms with Gasteiger partial charge in [-0.15, -0.1) is 0 Å². The zero-order valence-electron chi connectivity index (χ0n) is 10.1. The second kappa shape index (κ2) is 5.25. The van der Waals surface area contributed by atoms with Gasteiger partial charge in [0, 0.05) is 4.47 Å². The van der Waals surface area contributed by atoms with Crippen molar-refractivity contribution in [2.24, 2.45) is 0 Å². The van der Waals surface area contributed by atoms with E-state index in [0.717, 1.165) is 4.47 Å². The van der Waals surface area contributed by atoms with E-state index in [1.165, 1.54) is 4.57 Å². The molecule has 0 spiro atoms. The standard InChI is InChI=1S/C12H12BrClN2O4/c13-5-1-2-7-6(3-5)15-12(14)16(7)11-10(19)9(18)8(4-17)20-11/h1-3,8-11,17-19H,4H2/t8-,9-,10-,11-/m1/s1. The largest absolute Gasteiger partial charge is 0.394 e. The highest BCUT2D eigenvalue weighted by Crippen LogP contribution is 2.35. The molecule has 1 fully saturated rings. The van der Waals surface area contributed by atoms with Crippen LogP contribution in [-0.2, 0) is 4.74 Å². The van der Waals surface area contributed by atoms with E-state index in [2.05, 4.69) is 20.9 Å². The molecule has 0 radical (unpaired) electrons. The highest BCUT2D eigenvalue weighted by Gasteiger charge is 2.44. The summed E-state index contributed by atoms with van der Waals surface area (Å²) in [6, 6.07) is 5.39. The minimum Gasteiger partial charge on any atom is -0.394 e. The van der Waals surface area contributed by atoms with Crippen LogP contribution in [0.1, 0.15) is 6.23 Å². The fourth-order valence-corrected chi connectivity index (χ4v) is 3.01. The SMILES string of the molecule is OC[C@H]1O[C@@H](n2c(Cl)nc3cc(Br)ccc32)[C@H](O)[C@@H]1O. The minimum absolute atomic E-state index is 0.146. The molecule has 3 N–H and O–H groups in total. The summed E-state index contributed by atoms with van der Waals surface area (Å²) in [6.45, 7) is -0.384. The van der Waals surface area contributed by atoms with Gasteiger partial charge >= 0.3 is 0 Å². The van der Waals surface area contributed by atoms with E-state index in [0.29, 0.717) is 11.0 Å². The third kappa shape index (κ3) is 2.14. The molecular weight excluding hydrogens is 351 g/mol. The van der Waals surface area contributed by atoms with Crippen molar-refractivity contribution in [2.45, 2.75) is 24.5 Å². The van der Waals surface area contributed by atoms with E-state index in [9.17, 15) is 10.2 Å². The Morgan fingerprint density at radius 3 is 2.75 bits per heavy atom. The maximum absolute atomic E-state index is 10.1. The highest BCUT2D eigenvalue weighted by molar-refractivity contribution is 9.10. The Kier molecular flexibility index (Phi) is 3.74. The van der Waals surface area contributed by atoms with E-state index in [-0.39, 0.29) is 11.9 Å². The number of hydrogen-bond acceptors (Lipinski definition) is 5. The maximum atomic E-state index is 10.1. The van der Waals surface area contributed by atoms with Gasteiger partial charge in [-0.2, -0.15) is 0 Å². The molecule has 1 aromatic heterocycles. The molecule has 0 bridgehead atoms. The normalized spacial score (nSPS) is 30.2. The van der Waals surface area contributed by atoms with Gasteiger partial charge < -0.3 is 20.1 Å². The molecule has 3 rings (SSSR count). The number of hydrogen-bond donors (Lipinski definition) is 3. The number of aliphatic hydroxyl groups is 3. The molecule has 20 heavy (non-hydrogen) atoms. The quantitative estimate of drug-likeness (QED) is 0.743. The smallest absolute Gasteiger partial charge is 0.206 e. The Balaban J connectivity index is 2.08. The first-order chi connectivity index (χ1) is 9.52. The van der Waals surface area contributed by atoms with Gasteiger partial charge in [-0.1, -0.05) is 15.9 Å². The van der Waals surface area contributed by atoms with Crippen molar-refractivity contribution in [1.82, 2.24) is 9.55 Å². The average Bonchev–Trinajstić information content (AvgIpc) is 2.87. The van der Waals surface area contributed by atoms with Crippen molar-refractivity contribution in [1.29, 1.82) is 0 Å². The number of ether oxygens (including phenoxy) is 1. The summed E-state index contributed by atoms with van der Waals surface area (Å²) in [7, 11) is 0. The lowest BCUT2D eigenvalue weighted by molar-refractivity contribution is -0.0507. The zero-order valence-corrected chi connectivity index (χ0v) is 12.5. The van der Waals surface area contributed by atoms with E-state index >= 15 is 0 Å². The predicted molar refractivity (Wildman–Crippen MR) is 75.5 cm³/mol. The number of benzene rings is 1. The van der Waals surface area contributed by atoms with Crippen LogP contribution in [0.3, 0.4) is 0 Å². The molecule has 2 aromatic rings. The zero-order chi connectivity index (χ0) is 14.4. The van der Waals surface area contributed by atoms with Crippen molar-refractivity contribution >= 4 is 38.6 Å².